The van der Waals surface area contributed by atoms with Gasteiger partial charge in [-0.3, -0.25) is 9.59 Å². The van der Waals surface area contributed by atoms with E-state index in [4.69, 9.17) is 0 Å². The van der Waals surface area contributed by atoms with E-state index < -0.39 is 0 Å². The highest BCUT2D eigenvalue weighted by Gasteiger charge is 2.13. The molecule has 0 fully saturated rings. The lowest BCUT2D eigenvalue weighted by Crippen LogP contribution is -2.15. The van der Waals surface area contributed by atoms with Crippen LogP contribution in [0.5, 0.6) is 0 Å². The van der Waals surface area contributed by atoms with Crippen LogP contribution in [0.25, 0.3) is 10.2 Å². The van der Waals surface area contributed by atoms with E-state index in [2.05, 4.69) is 30.6 Å². The predicted molar refractivity (Wildman–Crippen MR) is 83.0 cm³/mol. The smallest absolute Gasteiger partial charge is 0.236 e. The SMILES string of the molecule is O=CNc1nonc1NC(=O)CSc1nc2ccccc2s1. The topological polar surface area (TPSA) is 110 Å². The number of hydrogen-bond acceptors (Lipinski definition) is 8. The average molecular weight is 335 g/mol. The second kappa shape index (κ2) is 6.54. The molecule has 0 aliphatic heterocycles. The minimum atomic E-state index is -0.297. The molecule has 0 aliphatic rings. The molecule has 3 rings (SSSR count). The molecule has 0 spiro atoms. The van der Waals surface area contributed by atoms with Gasteiger partial charge in [0.2, 0.25) is 24.0 Å². The van der Waals surface area contributed by atoms with Crippen molar-refractivity contribution in [3.8, 4) is 0 Å². The Bertz CT molecular complexity index is 783. The maximum atomic E-state index is 11.9. The Morgan fingerprint density at radius 1 is 1.32 bits per heavy atom. The summed E-state index contributed by atoms with van der Waals surface area (Å²) in [5, 5.41) is 11.7. The van der Waals surface area contributed by atoms with Gasteiger partial charge in [-0.15, -0.1) is 11.3 Å². The van der Waals surface area contributed by atoms with E-state index in [1.807, 2.05) is 24.3 Å². The number of aromatic nitrogens is 3. The molecule has 2 amide bonds. The second-order valence-corrected chi connectivity index (χ2v) is 6.26. The number of thioether (sulfide) groups is 1. The van der Waals surface area contributed by atoms with Crippen molar-refractivity contribution in [3.05, 3.63) is 24.3 Å². The number of amides is 2. The predicted octanol–water partition coefficient (Wildman–Crippen LogP) is 1.98. The van der Waals surface area contributed by atoms with Crippen molar-refractivity contribution in [2.45, 2.75) is 4.34 Å². The second-order valence-electron chi connectivity index (χ2n) is 4.01. The third-order valence-corrected chi connectivity index (χ3v) is 4.72. The summed E-state index contributed by atoms with van der Waals surface area (Å²) in [7, 11) is 0. The molecule has 2 heterocycles. The number of nitrogens with zero attached hydrogens (tertiary/aromatic N) is 3. The van der Waals surface area contributed by atoms with Gasteiger partial charge in [-0.1, -0.05) is 23.9 Å². The van der Waals surface area contributed by atoms with E-state index in [1.165, 1.54) is 23.1 Å². The molecule has 0 bridgehead atoms. The van der Waals surface area contributed by atoms with Gasteiger partial charge in [-0.2, -0.15) is 0 Å². The van der Waals surface area contributed by atoms with Gasteiger partial charge in [0.25, 0.3) is 0 Å². The van der Waals surface area contributed by atoms with Crippen molar-refractivity contribution in [3.63, 3.8) is 0 Å². The quantitative estimate of drug-likeness (QED) is 0.523. The van der Waals surface area contributed by atoms with E-state index in [0.29, 0.717) is 6.41 Å². The first-order chi connectivity index (χ1) is 10.8. The van der Waals surface area contributed by atoms with Crippen LogP contribution >= 0.6 is 23.1 Å². The largest absolute Gasteiger partial charge is 0.307 e. The van der Waals surface area contributed by atoms with Crippen molar-refractivity contribution < 1.29 is 14.2 Å². The van der Waals surface area contributed by atoms with Crippen molar-refractivity contribution in [2.75, 3.05) is 16.4 Å². The number of fused-ring (bicyclic) bond motifs is 1. The number of hydrogen-bond donors (Lipinski definition) is 2. The molecule has 0 saturated carbocycles. The van der Waals surface area contributed by atoms with Crippen LogP contribution in [0.2, 0.25) is 0 Å². The Morgan fingerprint density at radius 2 is 2.14 bits per heavy atom. The Morgan fingerprint density at radius 3 is 2.95 bits per heavy atom. The van der Waals surface area contributed by atoms with Crippen molar-refractivity contribution in [1.82, 2.24) is 15.3 Å². The zero-order chi connectivity index (χ0) is 15.4. The minimum Gasteiger partial charge on any atom is -0.307 e. The van der Waals surface area contributed by atoms with Crippen LogP contribution in [0.3, 0.4) is 0 Å². The summed E-state index contributed by atoms with van der Waals surface area (Å²) < 4.78 is 6.33. The third-order valence-electron chi connectivity index (χ3n) is 2.54. The molecule has 2 aromatic heterocycles. The molecule has 0 aliphatic carbocycles. The first-order valence-corrected chi connectivity index (χ1v) is 7.87. The molecular formula is C12H9N5O3S2. The summed E-state index contributed by atoms with van der Waals surface area (Å²) in [6, 6.07) is 7.77. The third kappa shape index (κ3) is 3.23. The molecule has 8 nitrogen and oxygen atoms in total. The molecule has 0 saturated heterocycles. The summed E-state index contributed by atoms with van der Waals surface area (Å²) in [6.07, 6.45) is 0.422. The summed E-state index contributed by atoms with van der Waals surface area (Å²) in [5.74, 6) is -0.00281. The fourth-order valence-electron chi connectivity index (χ4n) is 1.63. The molecule has 10 heteroatoms. The van der Waals surface area contributed by atoms with Crippen LogP contribution in [-0.4, -0.2) is 33.4 Å². The van der Waals surface area contributed by atoms with E-state index in [-0.39, 0.29) is 23.3 Å². The molecular weight excluding hydrogens is 326 g/mol. The highest BCUT2D eigenvalue weighted by molar-refractivity contribution is 8.01. The van der Waals surface area contributed by atoms with Gasteiger partial charge in [-0.05, 0) is 22.4 Å². The molecule has 112 valence electrons. The molecule has 22 heavy (non-hydrogen) atoms. The first-order valence-electron chi connectivity index (χ1n) is 6.07. The van der Waals surface area contributed by atoms with Crippen LogP contribution in [0.1, 0.15) is 0 Å². The van der Waals surface area contributed by atoms with E-state index in [1.54, 1.807) is 0 Å². The lowest BCUT2D eigenvalue weighted by atomic mass is 10.3. The number of para-hydroxylation sites is 1. The van der Waals surface area contributed by atoms with E-state index >= 15 is 0 Å². The molecule has 0 unspecified atom stereocenters. The van der Waals surface area contributed by atoms with Gasteiger partial charge in [0.15, 0.2) is 4.34 Å². The standard InChI is InChI=1S/C12H9N5O3S2/c18-6-13-10-11(17-20-16-10)15-9(19)5-21-12-14-7-3-1-2-4-8(7)22-12/h1-4,6H,5H2,(H,13,16,18)(H,15,17,19). The van der Waals surface area contributed by atoms with Crippen molar-refractivity contribution in [2.24, 2.45) is 0 Å². The summed E-state index contributed by atoms with van der Waals surface area (Å²) in [5.41, 5.74) is 0.911. The summed E-state index contributed by atoms with van der Waals surface area (Å²) in [6.45, 7) is 0. The number of rotatable bonds is 6. The van der Waals surface area contributed by atoms with Gasteiger partial charge in [0.1, 0.15) is 0 Å². The number of anilines is 2. The van der Waals surface area contributed by atoms with Crippen molar-refractivity contribution >= 4 is 57.3 Å². The maximum absolute atomic E-state index is 11.9. The monoisotopic (exact) mass is 335 g/mol. The number of benzene rings is 1. The van der Waals surface area contributed by atoms with Crippen molar-refractivity contribution in [1.29, 1.82) is 0 Å². The number of thiazole rings is 1. The van der Waals surface area contributed by atoms with Gasteiger partial charge in [0, 0.05) is 0 Å². The highest BCUT2D eigenvalue weighted by Crippen LogP contribution is 2.29. The minimum absolute atomic E-state index is 0.0633. The van der Waals surface area contributed by atoms with E-state index in [9.17, 15) is 9.59 Å². The Hall–Kier alpha value is -2.46. The zero-order valence-corrected chi connectivity index (χ0v) is 12.6. The lowest BCUT2D eigenvalue weighted by molar-refractivity contribution is -0.113. The number of carbonyl (C=O) groups is 2. The fraction of sp³-hybridized carbons (Fsp3) is 0.0833. The molecule has 3 aromatic rings. The Labute approximate surface area is 132 Å². The summed E-state index contributed by atoms with van der Waals surface area (Å²) in [4.78, 5) is 26.7. The van der Waals surface area contributed by atoms with Gasteiger partial charge in [-0.25, -0.2) is 9.61 Å². The molecule has 2 N–H and O–H groups in total. The highest BCUT2D eigenvalue weighted by atomic mass is 32.2. The Balaban J connectivity index is 1.60. The lowest BCUT2D eigenvalue weighted by Gasteiger charge is -2.00. The first kappa shape index (κ1) is 14.5. The summed E-state index contributed by atoms with van der Waals surface area (Å²) >= 11 is 2.85. The van der Waals surface area contributed by atoms with Crippen LogP contribution in [0, 0.1) is 0 Å². The molecule has 1 aromatic carbocycles. The number of carbonyl (C=O) groups excluding carboxylic acids is 2. The maximum Gasteiger partial charge on any atom is 0.236 e. The average Bonchev–Trinajstić information content (AvgIpc) is 3.12. The van der Waals surface area contributed by atoms with E-state index in [0.717, 1.165) is 14.6 Å². The molecule has 0 radical (unpaired) electrons. The van der Waals surface area contributed by atoms with Gasteiger partial charge >= 0.3 is 0 Å². The van der Waals surface area contributed by atoms with Gasteiger partial charge < -0.3 is 10.6 Å². The number of nitrogens with one attached hydrogen (secondary N) is 2. The van der Waals surface area contributed by atoms with Crippen LogP contribution in [0.4, 0.5) is 11.6 Å². The Kier molecular flexibility index (Phi) is 4.30. The van der Waals surface area contributed by atoms with Crippen LogP contribution in [0.15, 0.2) is 33.2 Å². The normalized spacial score (nSPS) is 10.5. The fourth-order valence-corrected chi connectivity index (χ4v) is 3.50. The van der Waals surface area contributed by atoms with Crippen LogP contribution in [-0.2, 0) is 9.59 Å². The molecule has 0 atom stereocenters. The van der Waals surface area contributed by atoms with Crippen LogP contribution < -0.4 is 10.6 Å². The van der Waals surface area contributed by atoms with Gasteiger partial charge in [0.05, 0.1) is 16.0 Å². The zero-order valence-electron chi connectivity index (χ0n) is 11.0.